The molecule has 0 radical (unpaired) electrons. The van der Waals surface area contributed by atoms with Crippen LogP contribution in [0.1, 0.15) is 18.1 Å². The van der Waals surface area contributed by atoms with E-state index in [1.165, 1.54) is 13.0 Å². The van der Waals surface area contributed by atoms with Gasteiger partial charge in [0.15, 0.2) is 0 Å². The van der Waals surface area contributed by atoms with Gasteiger partial charge in [-0.2, -0.15) is 13.2 Å². The van der Waals surface area contributed by atoms with Gasteiger partial charge in [-0.3, -0.25) is 0 Å². The highest BCUT2D eigenvalue weighted by Gasteiger charge is 2.62. The van der Waals surface area contributed by atoms with Gasteiger partial charge in [0, 0.05) is 5.56 Å². The van der Waals surface area contributed by atoms with Crippen molar-refractivity contribution in [3.8, 4) is 5.75 Å². The number of ether oxygens (including phenoxy) is 1. The van der Waals surface area contributed by atoms with Gasteiger partial charge >= 0.3 is 12.1 Å². The minimum atomic E-state index is -5.27. The molecular weight excluding hydrogens is 289 g/mol. The third-order valence-electron chi connectivity index (χ3n) is 2.82. The molecule has 21 heavy (non-hydrogen) atoms. The number of carbonyl (C=O) groups is 1. The van der Waals surface area contributed by atoms with Gasteiger partial charge in [0.25, 0.3) is 5.60 Å². The molecule has 2 N–H and O–H groups in total. The van der Waals surface area contributed by atoms with E-state index in [-0.39, 0.29) is 24.3 Å². The number of halogens is 3. The maximum atomic E-state index is 13.2. The first-order valence-electron chi connectivity index (χ1n) is 6.08. The summed E-state index contributed by atoms with van der Waals surface area (Å²) in [5.74, 6) is -2.10. The summed E-state index contributed by atoms with van der Waals surface area (Å²) in [5, 5.41) is 19.4. The Morgan fingerprint density at radius 1 is 1.43 bits per heavy atom. The Kier molecular flexibility index (Phi) is 5.01. The minimum absolute atomic E-state index is 0.0679. The van der Waals surface area contributed by atoms with Crippen LogP contribution in [0.2, 0.25) is 0 Å². The summed E-state index contributed by atoms with van der Waals surface area (Å²) in [6.07, 6.45) is -4.05. The summed E-state index contributed by atoms with van der Waals surface area (Å²) in [6, 6.07) is 2.84. The molecule has 0 aliphatic heterocycles. The molecule has 0 heterocycles. The average Bonchev–Trinajstić information content (AvgIpc) is 2.37. The molecule has 0 saturated carbocycles. The van der Waals surface area contributed by atoms with Crippen molar-refractivity contribution in [2.45, 2.75) is 25.1 Å². The average molecular weight is 304 g/mol. The van der Waals surface area contributed by atoms with Crippen LogP contribution < -0.4 is 0 Å². The van der Waals surface area contributed by atoms with Crippen molar-refractivity contribution in [2.24, 2.45) is 0 Å². The molecule has 1 unspecified atom stereocenters. The van der Waals surface area contributed by atoms with Crippen molar-refractivity contribution >= 4 is 5.97 Å². The fourth-order valence-electron chi connectivity index (χ4n) is 1.87. The highest BCUT2D eigenvalue weighted by atomic mass is 19.4. The standard InChI is InChI=1S/C14H15F3O4/c1-3-5-9-8-10(18)6-7-11(9)13(20,14(15,16)17)12(19)21-4-2/h3,6-8,18,20H,1,4-5H2,2H3. The van der Waals surface area contributed by atoms with Crippen LogP contribution in [0.25, 0.3) is 0 Å². The number of esters is 1. The molecule has 7 heteroatoms. The third kappa shape index (κ3) is 3.18. The van der Waals surface area contributed by atoms with E-state index in [1.807, 2.05) is 0 Å². The van der Waals surface area contributed by atoms with E-state index in [2.05, 4.69) is 11.3 Å². The van der Waals surface area contributed by atoms with E-state index >= 15 is 0 Å². The van der Waals surface area contributed by atoms with E-state index in [0.29, 0.717) is 0 Å². The fraction of sp³-hybridized carbons (Fsp3) is 0.357. The number of allylic oxidation sites excluding steroid dienone is 1. The van der Waals surface area contributed by atoms with Gasteiger partial charge in [-0.05, 0) is 31.0 Å². The van der Waals surface area contributed by atoms with Crippen LogP contribution in [-0.4, -0.2) is 29.0 Å². The molecule has 116 valence electrons. The predicted molar refractivity (Wildman–Crippen MR) is 68.6 cm³/mol. The van der Waals surface area contributed by atoms with Crippen molar-refractivity contribution < 1.29 is 32.9 Å². The Morgan fingerprint density at radius 2 is 2.05 bits per heavy atom. The molecule has 1 aromatic rings. The lowest BCUT2D eigenvalue weighted by atomic mass is 9.87. The fourth-order valence-corrected chi connectivity index (χ4v) is 1.87. The maximum Gasteiger partial charge on any atom is 0.432 e. The zero-order chi connectivity index (χ0) is 16.3. The number of carbonyl (C=O) groups excluding carboxylic acids is 1. The Bertz CT molecular complexity index is 540. The maximum absolute atomic E-state index is 13.2. The van der Waals surface area contributed by atoms with Crippen molar-refractivity contribution in [3.63, 3.8) is 0 Å². The second-order valence-electron chi connectivity index (χ2n) is 4.26. The molecule has 0 aliphatic carbocycles. The van der Waals surface area contributed by atoms with Crippen LogP contribution in [0.4, 0.5) is 13.2 Å². The quantitative estimate of drug-likeness (QED) is 0.647. The number of aliphatic hydroxyl groups is 1. The normalized spacial score (nSPS) is 14.3. The number of phenolic OH excluding ortho intramolecular Hbond substituents is 1. The molecule has 0 fully saturated rings. The number of phenols is 1. The SMILES string of the molecule is C=CCc1cc(O)ccc1C(O)(C(=O)OCC)C(F)(F)F. The summed E-state index contributed by atoms with van der Waals surface area (Å²) in [6.45, 7) is 4.41. The van der Waals surface area contributed by atoms with E-state index in [0.717, 1.165) is 18.2 Å². The zero-order valence-electron chi connectivity index (χ0n) is 11.3. The summed E-state index contributed by atoms with van der Waals surface area (Å²) >= 11 is 0. The topological polar surface area (TPSA) is 66.8 Å². The monoisotopic (exact) mass is 304 g/mol. The predicted octanol–water partition coefficient (Wildman–Crippen LogP) is 2.43. The first kappa shape index (κ1) is 17.0. The Balaban J connectivity index is 3.54. The molecular formula is C14H15F3O4. The number of hydrogen-bond donors (Lipinski definition) is 2. The number of alkyl halides is 3. The Labute approximate surface area is 119 Å². The van der Waals surface area contributed by atoms with E-state index in [1.54, 1.807) is 0 Å². The minimum Gasteiger partial charge on any atom is -0.508 e. The molecule has 4 nitrogen and oxygen atoms in total. The van der Waals surface area contributed by atoms with E-state index < -0.39 is 23.3 Å². The smallest absolute Gasteiger partial charge is 0.432 e. The van der Waals surface area contributed by atoms with Gasteiger partial charge < -0.3 is 14.9 Å². The molecule has 0 spiro atoms. The molecule has 0 aromatic heterocycles. The molecule has 0 amide bonds. The second-order valence-corrected chi connectivity index (χ2v) is 4.26. The van der Waals surface area contributed by atoms with E-state index in [9.17, 15) is 28.2 Å². The van der Waals surface area contributed by atoms with Crippen LogP contribution in [0, 0.1) is 0 Å². The van der Waals surface area contributed by atoms with Crippen molar-refractivity contribution in [1.29, 1.82) is 0 Å². The molecule has 0 bridgehead atoms. The third-order valence-corrected chi connectivity index (χ3v) is 2.82. The van der Waals surface area contributed by atoms with Gasteiger partial charge in [-0.15, -0.1) is 6.58 Å². The van der Waals surface area contributed by atoms with Gasteiger partial charge in [-0.1, -0.05) is 12.1 Å². The van der Waals surface area contributed by atoms with Crippen LogP contribution in [-0.2, 0) is 21.6 Å². The van der Waals surface area contributed by atoms with Gasteiger partial charge in [-0.25, -0.2) is 4.79 Å². The lowest BCUT2D eigenvalue weighted by Gasteiger charge is -2.30. The molecule has 1 atom stereocenters. The summed E-state index contributed by atoms with van der Waals surface area (Å²) < 4.78 is 44.1. The number of rotatable bonds is 5. The highest BCUT2D eigenvalue weighted by molar-refractivity contribution is 5.83. The zero-order valence-corrected chi connectivity index (χ0v) is 11.3. The number of aromatic hydroxyl groups is 1. The van der Waals surface area contributed by atoms with Crippen LogP contribution in [0.15, 0.2) is 30.9 Å². The summed E-state index contributed by atoms with van der Waals surface area (Å²) in [5.41, 5.74) is -4.56. The van der Waals surface area contributed by atoms with Crippen molar-refractivity contribution in [3.05, 3.63) is 42.0 Å². The largest absolute Gasteiger partial charge is 0.508 e. The lowest BCUT2D eigenvalue weighted by molar-refractivity contribution is -0.268. The summed E-state index contributed by atoms with van der Waals surface area (Å²) in [4.78, 5) is 11.7. The highest BCUT2D eigenvalue weighted by Crippen LogP contribution is 2.42. The number of hydrogen-bond acceptors (Lipinski definition) is 4. The number of benzene rings is 1. The summed E-state index contributed by atoms with van der Waals surface area (Å²) in [7, 11) is 0. The van der Waals surface area contributed by atoms with Crippen LogP contribution >= 0.6 is 0 Å². The molecule has 0 aliphatic rings. The van der Waals surface area contributed by atoms with Crippen LogP contribution in [0.3, 0.4) is 0 Å². The van der Waals surface area contributed by atoms with Crippen molar-refractivity contribution in [1.82, 2.24) is 0 Å². The van der Waals surface area contributed by atoms with Gasteiger partial charge in [0.05, 0.1) is 6.61 Å². The Hall–Kier alpha value is -2.02. The second kappa shape index (κ2) is 6.17. The lowest BCUT2D eigenvalue weighted by Crippen LogP contribution is -2.50. The first-order chi connectivity index (χ1) is 9.68. The van der Waals surface area contributed by atoms with Crippen molar-refractivity contribution in [2.75, 3.05) is 6.61 Å². The van der Waals surface area contributed by atoms with Crippen LogP contribution in [0.5, 0.6) is 5.75 Å². The molecule has 0 saturated heterocycles. The van der Waals surface area contributed by atoms with Gasteiger partial charge in [0.1, 0.15) is 5.75 Å². The van der Waals surface area contributed by atoms with Gasteiger partial charge in [0.2, 0.25) is 0 Å². The van der Waals surface area contributed by atoms with E-state index in [4.69, 9.17) is 0 Å². The molecule has 1 aromatic carbocycles. The Morgan fingerprint density at radius 3 is 2.52 bits per heavy atom. The first-order valence-corrected chi connectivity index (χ1v) is 6.08. The molecule has 1 rings (SSSR count).